The van der Waals surface area contributed by atoms with Crippen LogP contribution in [-0.2, 0) is 28.6 Å². The molecule has 0 heterocycles. The van der Waals surface area contributed by atoms with Crippen LogP contribution in [0.4, 0.5) is 0 Å². The molecule has 0 aliphatic heterocycles. The van der Waals surface area contributed by atoms with Gasteiger partial charge < -0.3 is 14.2 Å². The molecule has 61 heavy (non-hydrogen) atoms. The molecule has 0 fully saturated rings. The molecule has 0 aromatic carbocycles. The van der Waals surface area contributed by atoms with Crippen molar-refractivity contribution in [3.8, 4) is 0 Å². The summed E-state index contributed by atoms with van der Waals surface area (Å²) in [6.07, 6.45) is 63.9. The van der Waals surface area contributed by atoms with Crippen molar-refractivity contribution >= 4 is 17.9 Å². The van der Waals surface area contributed by atoms with E-state index in [0.717, 1.165) is 116 Å². The number of ether oxygens (including phenoxy) is 3. The summed E-state index contributed by atoms with van der Waals surface area (Å²) in [5.41, 5.74) is 0. The van der Waals surface area contributed by atoms with Crippen molar-refractivity contribution in [3.63, 3.8) is 0 Å². The van der Waals surface area contributed by atoms with Gasteiger partial charge in [0.25, 0.3) is 0 Å². The highest BCUT2D eigenvalue weighted by atomic mass is 16.6. The van der Waals surface area contributed by atoms with Crippen LogP contribution in [0.1, 0.15) is 213 Å². The fraction of sp³-hybridized carbons (Fsp3) is 0.655. The Balaban J connectivity index is 4.49. The average molecular weight is 847 g/mol. The van der Waals surface area contributed by atoms with Crippen LogP contribution in [0.2, 0.25) is 0 Å². The van der Waals surface area contributed by atoms with Gasteiger partial charge in [0.1, 0.15) is 13.2 Å². The molecule has 1 unspecified atom stereocenters. The Labute approximate surface area is 375 Å². The number of unbranched alkanes of at least 4 members (excludes halogenated alkanes) is 19. The molecule has 0 bridgehead atoms. The van der Waals surface area contributed by atoms with E-state index in [1.807, 2.05) is 36.5 Å². The summed E-state index contributed by atoms with van der Waals surface area (Å²) in [7, 11) is 0. The van der Waals surface area contributed by atoms with Crippen molar-refractivity contribution in [1.29, 1.82) is 0 Å². The van der Waals surface area contributed by atoms with Crippen molar-refractivity contribution in [3.05, 3.63) is 97.2 Å². The molecule has 0 aliphatic rings. The summed E-state index contributed by atoms with van der Waals surface area (Å²) in [4.78, 5) is 37.9. The number of esters is 3. The highest BCUT2D eigenvalue weighted by molar-refractivity contribution is 5.71. The topological polar surface area (TPSA) is 78.9 Å². The molecule has 0 radical (unpaired) electrons. The number of carbonyl (C=O) groups excluding carboxylic acids is 3. The third-order valence-electron chi connectivity index (χ3n) is 10.1. The lowest BCUT2D eigenvalue weighted by Crippen LogP contribution is -2.30. The maximum Gasteiger partial charge on any atom is 0.306 e. The third kappa shape index (κ3) is 47.2. The average Bonchev–Trinajstić information content (AvgIpc) is 3.26. The molecule has 0 aromatic rings. The van der Waals surface area contributed by atoms with Crippen molar-refractivity contribution < 1.29 is 28.6 Å². The Bertz CT molecular complexity index is 1250. The van der Waals surface area contributed by atoms with Crippen molar-refractivity contribution in [2.24, 2.45) is 0 Å². The lowest BCUT2D eigenvalue weighted by Gasteiger charge is -2.18. The van der Waals surface area contributed by atoms with Gasteiger partial charge in [-0.1, -0.05) is 195 Å². The van der Waals surface area contributed by atoms with E-state index >= 15 is 0 Å². The van der Waals surface area contributed by atoms with Gasteiger partial charge in [-0.05, 0) is 96.3 Å². The fourth-order valence-corrected chi connectivity index (χ4v) is 6.46. The highest BCUT2D eigenvalue weighted by Gasteiger charge is 2.19. The first-order chi connectivity index (χ1) is 30.0. The Hall–Kier alpha value is -3.67. The Morgan fingerprint density at radius 3 is 1.23 bits per heavy atom. The van der Waals surface area contributed by atoms with Crippen LogP contribution in [0.3, 0.4) is 0 Å². The van der Waals surface area contributed by atoms with Gasteiger partial charge in [-0.15, -0.1) is 0 Å². The number of hydrogen-bond donors (Lipinski definition) is 0. The smallest absolute Gasteiger partial charge is 0.306 e. The molecule has 0 rings (SSSR count). The van der Waals surface area contributed by atoms with E-state index in [-0.39, 0.29) is 37.5 Å². The van der Waals surface area contributed by atoms with Crippen LogP contribution in [0.15, 0.2) is 97.2 Å². The minimum Gasteiger partial charge on any atom is -0.462 e. The van der Waals surface area contributed by atoms with Gasteiger partial charge in [0, 0.05) is 19.3 Å². The molecule has 0 saturated heterocycles. The molecule has 346 valence electrons. The second kappa shape index (κ2) is 49.0. The zero-order valence-corrected chi connectivity index (χ0v) is 39.4. The Morgan fingerprint density at radius 1 is 0.361 bits per heavy atom. The van der Waals surface area contributed by atoms with Gasteiger partial charge >= 0.3 is 17.9 Å². The van der Waals surface area contributed by atoms with Crippen LogP contribution in [-0.4, -0.2) is 37.2 Å². The van der Waals surface area contributed by atoms with Crippen LogP contribution < -0.4 is 0 Å². The van der Waals surface area contributed by atoms with Crippen LogP contribution >= 0.6 is 0 Å². The number of carbonyl (C=O) groups is 3. The van der Waals surface area contributed by atoms with Gasteiger partial charge in [0.2, 0.25) is 0 Å². The molecule has 1 atom stereocenters. The first-order valence-corrected chi connectivity index (χ1v) is 24.8. The van der Waals surface area contributed by atoms with E-state index in [4.69, 9.17) is 14.2 Å². The first-order valence-electron chi connectivity index (χ1n) is 24.8. The van der Waals surface area contributed by atoms with Gasteiger partial charge in [-0.2, -0.15) is 0 Å². The lowest BCUT2D eigenvalue weighted by molar-refractivity contribution is -0.167. The van der Waals surface area contributed by atoms with E-state index in [0.29, 0.717) is 12.8 Å². The van der Waals surface area contributed by atoms with Crippen molar-refractivity contribution in [2.45, 2.75) is 219 Å². The van der Waals surface area contributed by atoms with E-state index < -0.39 is 6.10 Å². The predicted octanol–water partition coefficient (Wildman–Crippen LogP) is 16.2. The van der Waals surface area contributed by atoms with Gasteiger partial charge in [-0.3, -0.25) is 14.4 Å². The van der Waals surface area contributed by atoms with E-state index in [1.165, 1.54) is 57.8 Å². The highest BCUT2D eigenvalue weighted by Crippen LogP contribution is 2.13. The van der Waals surface area contributed by atoms with E-state index in [1.54, 1.807) is 0 Å². The van der Waals surface area contributed by atoms with Gasteiger partial charge in [0.15, 0.2) is 6.10 Å². The molecule has 6 nitrogen and oxygen atoms in total. The Kier molecular flexibility index (Phi) is 46.0. The van der Waals surface area contributed by atoms with Crippen LogP contribution in [0.5, 0.6) is 0 Å². The summed E-state index contributed by atoms with van der Waals surface area (Å²) < 4.78 is 16.7. The van der Waals surface area contributed by atoms with Crippen LogP contribution in [0, 0.1) is 0 Å². The summed E-state index contributed by atoms with van der Waals surface area (Å²) in [5, 5.41) is 0. The third-order valence-corrected chi connectivity index (χ3v) is 10.1. The zero-order chi connectivity index (χ0) is 44.4. The lowest BCUT2D eigenvalue weighted by atomic mass is 10.1. The summed E-state index contributed by atoms with van der Waals surface area (Å²) in [6.45, 7) is 6.30. The second-order valence-electron chi connectivity index (χ2n) is 16.0. The molecule has 0 aromatic heterocycles. The quantitative estimate of drug-likeness (QED) is 0.0200. The molecule has 0 aliphatic carbocycles. The molecule has 0 amide bonds. The largest absolute Gasteiger partial charge is 0.462 e. The first kappa shape index (κ1) is 57.3. The minimum atomic E-state index is -0.809. The van der Waals surface area contributed by atoms with Gasteiger partial charge in [0.05, 0.1) is 0 Å². The molecular formula is C55H90O6. The fourth-order valence-electron chi connectivity index (χ4n) is 6.46. The molecular weight excluding hydrogens is 757 g/mol. The SMILES string of the molecule is CC\C=C/C=C\C=C/C=C\CCCCCC(=O)OCC(COC(=O)CCCCCCC/C=C\CCCCCCCCC)OC(=O)CCCCCC/C=C\C/C=C\C/C=C\CC. The maximum atomic E-state index is 12.8. The van der Waals surface area contributed by atoms with E-state index in [2.05, 4.69) is 81.5 Å². The normalized spacial score (nSPS) is 12.9. The molecule has 0 saturated carbocycles. The van der Waals surface area contributed by atoms with Crippen molar-refractivity contribution in [2.75, 3.05) is 13.2 Å². The van der Waals surface area contributed by atoms with Gasteiger partial charge in [-0.25, -0.2) is 0 Å². The number of rotatable bonds is 43. The standard InChI is InChI=1S/C55H90O6/c1-4-7-10-13-16-19-22-25-27-28-31-33-36-39-42-45-48-54(57)60-51-52(50-59-53(56)47-44-41-38-35-32-29-24-21-18-15-12-9-6-3)61-55(58)49-46-43-40-37-34-30-26-23-20-17-14-11-8-5-2/h8-9,11-12,15,17-18,20-21,24,26-30,32,52H,4-7,10,13-14,16,19,22-23,25,31,33-51H2,1-3H3/b11-8-,12-9-,18-15-,20-17-,24-21-,28-27-,30-26-,32-29-. The molecule has 6 heteroatoms. The monoisotopic (exact) mass is 847 g/mol. The van der Waals surface area contributed by atoms with Crippen molar-refractivity contribution in [1.82, 2.24) is 0 Å². The van der Waals surface area contributed by atoms with Crippen LogP contribution in [0.25, 0.3) is 0 Å². The molecule has 0 N–H and O–H groups in total. The molecule has 0 spiro atoms. The zero-order valence-electron chi connectivity index (χ0n) is 39.4. The Morgan fingerprint density at radius 2 is 0.721 bits per heavy atom. The van der Waals surface area contributed by atoms with E-state index in [9.17, 15) is 14.4 Å². The summed E-state index contributed by atoms with van der Waals surface area (Å²) in [6, 6.07) is 0. The number of hydrogen-bond acceptors (Lipinski definition) is 6. The second-order valence-corrected chi connectivity index (χ2v) is 16.0. The number of allylic oxidation sites excluding steroid dienone is 16. The minimum absolute atomic E-state index is 0.105. The summed E-state index contributed by atoms with van der Waals surface area (Å²) in [5.74, 6) is -0.981. The summed E-state index contributed by atoms with van der Waals surface area (Å²) >= 11 is 0. The maximum absolute atomic E-state index is 12.8. The predicted molar refractivity (Wildman–Crippen MR) is 260 cm³/mol.